The Balaban J connectivity index is 1.57. The van der Waals surface area contributed by atoms with Gasteiger partial charge in [0.1, 0.15) is 0 Å². The van der Waals surface area contributed by atoms with Crippen LogP contribution in [0.3, 0.4) is 0 Å². The third kappa shape index (κ3) is 3.36. The standard InChI is InChI=1S/C14H20N4O4S/c1-2-23(20,21)18-7-12-11(9-22-13(12)8-18)5-15-14(19)10-3-4-16-17-6-10/h3-4,6,11-13H,2,5,7-9H2,1H3,(H,15,19)/t11-,12+,13+/m0/s1. The first-order valence-corrected chi connectivity index (χ1v) is 9.26. The van der Waals surface area contributed by atoms with Crippen molar-refractivity contribution in [2.24, 2.45) is 11.8 Å². The molecule has 0 radical (unpaired) electrons. The van der Waals surface area contributed by atoms with Gasteiger partial charge in [0.15, 0.2) is 0 Å². The Morgan fingerprint density at radius 3 is 2.96 bits per heavy atom. The fourth-order valence-corrected chi connectivity index (χ4v) is 4.27. The molecule has 1 aromatic rings. The summed E-state index contributed by atoms with van der Waals surface area (Å²) in [5.74, 6) is 0.144. The van der Waals surface area contributed by atoms with E-state index in [0.29, 0.717) is 31.8 Å². The average Bonchev–Trinajstić information content (AvgIpc) is 3.15. The van der Waals surface area contributed by atoms with E-state index in [2.05, 4.69) is 15.5 Å². The zero-order valence-corrected chi connectivity index (χ0v) is 13.7. The van der Waals surface area contributed by atoms with Gasteiger partial charge in [0.2, 0.25) is 10.0 Å². The number of aromatic nitrogens is 2. The Labute approximate surface area is 135 Å². The summed E-state index contributed by atoms with van der Waals surface area (Å²) >= 11 is 0. The highest BCUT2D eigenvalue weighted by Crippen LogP contribution is 2.34. The molecule has 9 heteroatoms. The molecule has 0 bridgehead atoms. The molecular weight excluding hydrogens is 320 g/mol. The number of amides is 1. The van der Waals surface area contributed by atoms with E-state index in [1.54, 1.807) is 13.0 Å². The second-order valence-corrected chi connectivity index (χ2v) is 8.11. The molecule has 3 atom stereocenters. The van der Waals surface area contributed by atoms with Crippen molar-refractivity contribution < 1.29 is 17.9 Å². The largest absolute Gasteiger partial charge is 0.376 e. The minimum atomic E-state index is -3.19. The van der Waals surface area contributed by atoms with Crippen molar-refractivity contribution >= 4 is 15.9 Å². The average molecular weight is 340 g/mol. The van der Waals surface area contributed by atoms with Crippen LogP contribution in [0.25, 0.3) is 0 Å². The van der Waals surface area contributed by atoms with Gasteiger partial charge in [0.05, 0.1) is 36.4 Å². The molecule has 2 saturated heterocycles. The Bertz CT molecular complexity index is 667. The summed E-state index contributed by atoms with van der Waals surface area (Å²) < 4.78 is 31.2. The first-order valence-electron chi connectivity index (χ1n) is 7.65. The number of nitrogens with zero attached hydrogens (tertiary/aromatic N) is 3. The zero-order valence-electron chi connectivity index (χ0n) is 12.9. The molecule has 0 spiro atoms. The maximum Gasteiger partial charge on any atom is 0.252 e. The second kappa shape index (κ2) is 6.50. The van der Waals surface area contributed by atoms with Gasteiger partial charge in [-0.2, -0.15) is 14.5 Å². The number of nitrogens with one attached hydrogen (secondary N) is 1. The Kier molecular flexibility index (Phi) is 4.60. The number of sulfonamides is 1. The van der Waals surface area contributed by atoms with Gasteiger partial charge in [-0.25, -0.2) is 8.42 Å². The summed E-state index contributed by atoms with van der Waals surface area (Å²) in [5, 5.41) is 10.2. The number of ether oxygens (including phenoxy) is 1. The van der Waals surface area contributed by atoms with Crippen LogP contribution in [0.15, 0.2) is 18.5 Å². The van der Waals surface area contributed by atoms with Crippen molar-refractivity contribution in [1.29, 1.82) is 0 Å². The van der Waals surface area contributed by atoms with Crippen LogP contribution in [-0.4, -0.2) is 66.9 Å². The molecule has 23 heavy (non-hydrogen) atoms. The van der Waals surface area contributed by atoms with Gasteiger partial charge < -0.3 is 10.1 Å². The van der Waals surface area contributed by atoms with E-state index in [4.69, 9.17) is 4.74 Å². The second-order valence-electron chi connectivity index (χ2n) is 5.85. The summed E-state index contributed by atoms with van der Waals surface area (Å²) in [6.45, 7) is 3.54. The van der Waals surface area contributed by atoms with E-state index in [0.717, 1.165) is 0 Å². The number of fused-ring (bicyclic) bond motifs is 1. The van der Waals surface area contributed by atoms with Crippen LogP contribution in [0.5, 0.6) is 0 Å². The molecule has 3 heterocycles. The fourth-order valence-electron chi connectivity index (χ4n) is 3.13. The molecule has 0 unspecified atom stereocenters. The van der Waals surface area contributed by atoms with E-state index in [1.165, 1.54) is 16.7 Å². The molecule has 1 N–H and O–H groups in total. The quantitative estimate of drug-likeness (QED) is 0.776. The van der Waals surface area contributed by atoms with Crippen LogP contribution in [0.1, 0.15) is 17.3 Å². The fraction of sp³-hybridized carbons (Fsp3) is 0.643. The van der Waals surface area contributed by atoms with Gasteiger partial charge in [-0.15, -0.1) is 0 Å². The van der Waals surface area contributed by atoms with E-state index in [9.17, 15) is 13.2 Å². The molecule has 8 nitrogen and oxygen atoms in total. The Morgan fingerprint density at radius 1 is 1.43 bits per heavy atom. The molecule has 0 aliphatic carbocycles. The van der Waals surface area contributed by atoms with Gasteiger partial charge in [0, 0.05) is 31.5 Å². The van der Waals surface area contributed by atoms with Crippen LogP contribution in [0, 0.1) is 11.8 Å². The molecule has 2 aliphatic heterocycles. The van der Waals surface area contributed by atoms with E-state index in [1.807, 2.05) is 0 Å². The van der Waals surface area contributed by atoms with Gasteiger partial charge >= 0.3 is 0 Å². The maximum atomic E-state index is 12.0. The normalized spacial score (nSPS) is 27.8. The van der Waals surface area contributed by atoms with Gasteiger partial charge in [0.25, 0.3) is 5.91 Å². The third-order valence-electron chi connectivity index (χ3n) is 4.53. The van der Waals surface area contributed by atoms with Gasteiger partial charge in [-0.05, 0) is 13.0 Å². The van der Waals surface area contributed by atoms with Crippen LogP contribution in [0.4, 0.5) is 0 Å². The monoisotopic (exact) mass is 340 g/mol. The molecule has 0 saturated carbocycles. The maximum absolute atomic E-state index is 12.0. The summed E-state index contributed by atoms with van der Waals surface area (Å²) in [6, 6.07) is 1.60. The minimum Gasteiger partial charge on any atom is -0.376 e. The molecule has 3 rings (SSSR count). The van der Waals surface area contributed by atoms with Crippen LogP contribution in [0.2, 0.25) is 0 Å². The van der Waals surface area contributed by atoms with Crippen molar-refractivity contribution in [1.82, 2.24) is 19.8 Å². The molecule has 0 aromatic carbocycles. The van der Waals surface area contributed by atoms with Crippen molar-refractivity contribution in [3.05, 3.63) is 24.0 Å². The molecule has 126 valence electrons. The van der Waals surface area contributed by atoms with Crippen molar-refractivity contribution in [3.63, 3.8) is 0 Å². The highest BCUT2D eigenvalue weighted by Gasteiger charge is 2.46. The molecular formula is C14H20N4O4S. The number of carbonyl (C=O) groups is 1. The first-order chi connectivity index (χ1) is 11.0. The number of hydrogen-bond donors (Lipinski definition) is 1. The molecule has 1 aromatic heterocycles. The number of hydrogen-bond acceptors (Lipinski definition) is 6. The third-order valence-corrected chi connectivity index (χ3v) is 6.35. The van der Waals surface area contributed by atoms with Crippen molar-refractivity contribution in [2.45, 2.75) is 13.0 Å². The van der Waals surface area contributed by atoms with Crippen molar-refractivity contribution in [2.75, 3.05) is 32.0 Å². The predicted molar refractivity (Wildman–Crippen MR) is 82.1 cm³/mol. The summed E-state index contributed by atoms with van der Waals surface area (Å²) in [4.78, 5) is 12.0. The van der Waals surface area contributed by atoms with Crippen LogP contribution in [-0.2, 0) is 14.8 Å². The van der Waals surface area contributed by atoms with E-state index in [-0.39, 0.29) is 29.6 Å². The van der Waals surface area contributed by atoms with Gasteiger partial charge in [-0.1, -0.05) is 0 Å². The molecule has 2 fully saturated rings. The van der Waals surface area contributed by atoms with Gasteiger partial charge in [-0.3, -0.25) is 4.79 Å². The lowest BCUT2D eigenvalue weighted by Crippen LogP contribution is -2.35. The summed E-state index contributed by atoms with van der Waals surface area (Å²) in [7, 11) is -3.19. The predicted octanol–water partition coefficient (Wildman–Crippen LogP) is -0.497. The van der Waals surface area contributed by atoms with E-state index < -0.39 is 10.0 Å². The lowest BCUT2D eigenvalue weighted by molar-refractivity contribution is 0.0932. The van der Waals surface area contributed by atoms with Crippen molar-refractivity contribution in [3.8, 4) is 0 Å². The summed E-state index contributed by atoms with van der Waals surface area (Å²) in [5.41, 5.74) is 0.456. The smallest absolute Gasteiger partial charge is 0.252 e. The SMILES string of the molecule is CCS(=O)(=O)N1C[C@@H]2[C@@H](CNC(=O)c3ccnnc3)CO[C@@H]2C1. The minimum absolute atomic E-state index is 0.0687. The highest BCUT2D eigenvalue weighted by molar-refractivity contribution is 7.89. The van der Waals surface area contributed by atoms with Crippen LogP contribution < -0.4 is 5.32 Å². The Hall–Kier alpha value is -1.58. The van der Waals surface area contributed by atoms with E-state index >= 15 is 0 Å². The molecule has 2 aliphatic rings. The topological polar surface area (TPSA) is 101 Å². The number of rotatable bonds is 5. The number of carbonyl (C=O) groups excluding carboxylic acids is 1. The zero-order chi connectivity index (χ0) is 16.4. The lowest BCUT2D eigenvalue weighted by atomic mass is 9.93. The lowest BCUT2D eigenvalue weighted by Gasteiger charge is -2.19. The summed E-state index contributed by atoms with van der Waals surface area (Å²) in [6.07, 6.45) is 2.81. The highest BCUT2D eigenvalue weighted by atomic mass is 32.2. The first kappa shape index (κ1) is 16.3. The van der Waals surface area contributed by atoms with Crippen LogP contribution >= 0.6 is 0 Å². The Morgan fingerprint density at radius 2 is 2.26 bits per heavy atom. The molecule has 1 amide bonds.